The van der Waals surface area contributed by atoms with Crippen molar-refractivity contribution in [3.8, 4) is 0 Å². The quantitative estimate of drug-likeness (QED) is 0.879. The molecular weight excluding hydrogens is 250 g/mol. The van der Waals surface area contributed by atoms with E-state index in [-0.39, 0.29) is 24.4 Å². The number of carbonyl (C=O) groups excluding carboxylic acids is 1. The van der Waals surface area contributed by atoms with Gasteiger partial charge in [0.15, 0.2) is 0 Å². The minimum absolute atomic E-state index is 0. The van der Waals surface area contributed by atoms with Gasteiger partial charge in [0.1, 0.15) is 0 Å². The second-order valence-corrected chi connectivity index (χ2v) is 4.61. The normalized spacial score (nSPS) is 23.3. The van der Waals surface area contributed by atoms with Gasteiger partial charge >= 0.3 is 0 Å². The maximum absolute atomic E-state index is 12.2. The molecule has 2 rings (SSSR count). The molecule has 1 aliphatic heterocycles. The van der Waals surface area contributed by atoms with Crippen LogP contribution in [0.25, 0.3) is 0 Å². The molecule has 1 aromatic heterocycles. The van der Waals surface area contributed by atoms with Crippen LogP contribution in [0, 0.1) is 0 Å². The largest absolute Gasteiger partial charge is 0.337 e. The molecule has 0 bridgehead atoms. The summed E-state index contributed by atoms with van der Waals surface area (Å²) >= 11 is 0. The first-order chi connectivity index (χ1) is 8.18. The van der Waals surface area contributed by atoms with Crippen molar-refractivity contribution in [2.75, 3.05) is 13.1 Å². The van der Waals surface area contributed by atoms with Crippen LogP contribution in [0.3, 0.4) is 0 Å². The van der Waals surface area contributed by atoms with Gasteiger partial charge in [-0.1, -0.05) is 6.07 Å². The second-order valence-electron chi connectivity index (χ2n) is 4.61. The zero-order valence-corrected chi connectivity index (χ0v) is 11.6. The average molecular weight is 270 g/mol. The van der Waals surface area contributed by atoms with Crippen LogP contribution in [0.5, 0.6) is 0 Å². The molecule has 0 aliphatic carbocycles. The molecule has 1 aliphatic rings. The molecule has 18 heavy (non-hydrogen) atoms. The van der Waals surface area contributed by atoms with Gasteiger partial charge in [0, 0.05) is 37.6 Å². The van der Waals surface area contributed by atoms with Crippen molar-refractivity contribution in [3.63, 3.8) is 0 Å². The fourth-order valence-corrected chi connectivity index (χ4v) is 2.19. The minimum Gasteiger partial charge on any atom is -0.337 e. The number of hydrogen-bond acceptors (Lipinski definition) is 3. The van der Waals surface area contributed by atoms with Gasteiger partial charge in [-0.05, 0) is 25.5 Å². The Morgan fingerprint density at radius 3 is 3.00 bits per heavy atom. The molecule has 0 spiro atoms. The third kappa shape index (κ3) is 3.43. The molecule has 4 nitrogen and oxygen atoms in total. The molecule has 1 saturated heterocycles. The van der Waals surface area contributed by atoms with Gasteiger partial charge in [-0.25, -0.2) is 0 Å². The number of rotatable bonds is 2. The van der Waals surface area contributed by atoms with E-state index in [4.69, 9.17) is 0 Å². The third-order valence-corrected chi connectivity index (χ3v) is 3.43. The molecule has 2 atom stereocenters. The Morgan fingerprint density at radius 1 is 1.56 bits per heavy atom. The van der Waals surface area contributed by atoms with E-state index in [9.17, 15) is 4.79 Å². The van der Waals surface area contributed by atoms with E-state index in [1.165, 1.54) is 0 Å². The summed E-state index contributed by atoms with van der Waals surface area (Å²) in [6.45, 7) is 5.89. The monoisotopic (exact) mass is 269 g/mol. The Balaban J connectivity index is 0.00000162. The van der Waals surface area contributed by atoms with E-state index >= 15 is 0 Å². The molecule has 1 amide bonds. The minimum atomic E-state index is 0. The first kappa shape index (κ1) is 14.9. The standard InChI is InChI=1S/C13H19N3O.ClH/c1-10-11(2)16(7-6-15-10)13(17)8-12-4-3-5-14-9-12;/h3-5,9-11,15H,6-8H2,1-2H3;1H. The Bertz CT molecular complexity index is 385. The summed E-state index contributed by atoms with van der Waals surface area (Å²) in [7, 11) is 0. The SMILES string of the molecule is CC1NCCN(C(=O)Cc2cccnc2)C1C.Cl. The van der Waals surface area contributed by atoms with Crippen LogP contribution in [-0.4, -0.2) is 41.0 Å². The summed E-state index contributed by atoms with van der Waals surface area (Å²) in [5, 5.41) is 3.37. The van der Waals surface area contributed by atoms with Gasteiger partial charge in [-0.3, -0.25) is 9.78 Å². The molecule has 1 N–H and O–H groups in total. The average Bonchev–Trinajstić information content (AvgIpc) is 2.34. The Morgan fingerprint density at radius 2 is 2.33 bits per heavy atom. The molecule has 2 heterocycles. The van der Waals surface area contributed by atoms with Crippen molar-refractivity contribution in [2.45, 2.75) is 32.4 Å². The van der Waals surface area contributed by atoms with E-state index in [0.29, 0.717) is 12.5 Å². The summed E-state index contributed by atoms with van der Waals surface area (Å²) in [6.07, 6.45) is 3.93. The van der Waals surface area contributed by atoms with Crippen molar-refractivity contribution in [1.29, 1.82) is 0 Å². The summed E-state index contributed by atoms with van der Waals surface area (Å²) < 4.78 is 0. The van der Waals surface area contributed by atoms with Crippen LogP contribution in [0.15, 0.2) is 24.5 Å². The highest BCUT2D eigenvalue weighted by molar-refractivity contribution is 5.85. The number of halogens is 1. The lowest BCUT2D eigenvalue weighted by Crippen LogP contribution is -2.57. The Labute approximate surface area is 114 Å². The molecule has 100 valence electrons. The maximum atomic E-state index is 12.2. The Hall–Kier alpha value is -1.13. The van der Waals surface area contributed by atoms with E-state index in [2.05, 4.69) is 24.1 Å². The molecule has 0 radical (unpaired) electrons. The van der Waals surface area contributed by atoms with Gasteiger partial charge in [-0.15, -0.1) is 12.4 Å². The number of piperazine rings is 1. The van der Waals surface area contributed by atoms with Crippen LogP contribution in [0.1, 0.15) is 19.4 Å². The first-order valence-corrected chi connectivity index (χ1v) is 6.10. The molecule has 0 saturated carbocycles. The predicted octanol–water partition coefficient (Wildman–Crippen LogP) is 1.25. The summed E-state index contributed by atoms with van der Waals surface area (Å²) in [5.41, 5.74) is 0.982. The fourth-order valence-electron chi connectivity index (χ4n) is 2.19. The highest BCUT2D eigenvalue weighted by atomic mass is 35.5. The number of carbonyl (C=O) groups is 1. The van der Waals surface area contributed by atoms with Crippen LogP contribution >= 0.6 is 12.4 Å². The number of nitrogens with one attached hydrogen (secondary N) is 1. The lowest BCUT2D eigenvalue weighted by Gasteiger charge is -2.38. The van der Waals surface area contributed by atoms with Crippen molar-refractivity contribution in [2.24, 2.45) is 0 Å². The highest BCUT2D eigenvalue weighted by Crippen LogP contribution is 2.11. The molecule has 5 heteroatoms. The summed E-state index contributed by atoms with van der Waals surface area (Å²) in [4.78, 5) is 18.2. The number of pyridine rings is 1. The maximum Gasteiger partial charge on any atom is 0.227 e. The van der Waals surface area contributed by atoms with Gasteiger partial charge in [0.2, 0.25) is 5.91 Å². The smallest absolute Gasteiger partial charge is 0.227 e. The van der Waals surface area contributed by atoms with Gasteiger partial charge in [-0.2, -0.15) is 0 Å². The van der Waals surface area contributed by atoms with Crippen molar-refractivity contribution in [3.05, 3.63) is 30.1 Å². The molecule has 1 aromatic rings. The highest BCUT2D eigenvalue weighted by Gasteiger charge is 2.27. The number of nitrogens with zero attached hydrogens (tertiary/aromatic N) is 2. The fraction of sp³-hybridized carbons (Fsp3) is 0.538. The number of amides is 1. The predicted molar refractivity (Wildman–Crippen MR) is 73.8 cm³/mol. The van der Waals surface area contributed by atoms with Crippen LogP contribution < -0.4 is 5.32 Å². The van der Waals surface area contributed by atoms with Gasteiger partial charge < -0.3 is 10.2 Å². The molecule has 1 fully saturated rings. The lowest BCUT2D eigenvalue weighted by atomic mass is 10.1. The summed E-state index contributed by atoms with van der Waals surface area (Å²) in [6, 6.07) is 4.43. The van der Waals surface area contributed by atoms with E-state index in [0.717, 1.165) is 18.7 Å². The lowest BCUT2D eigenvalue weighted by molar-refractivity contribution is -0.134. The zero-order valence-electron chi connectivity index (χ0n) is 10.8. The van der Waals surface area contributed by atoms with Gasteiger partial charge in [0.05, 0.1) is 6.42 Å². The van der Waals surface area contributed by atoms with Crippen molar-refractivity contribution in [1.82, 2.24) is 15.2 Å². The van der Waals surface area contributed by atoms with Crippen molar-refractivity contribution >= 4 is 18.3 Å². The van der Waals surface area contributed by atoms with E-state index in [1.807, 2.05) is 17.0 Å². The third-order valence-electron chi connectivity index (χ3n) is 3.43. The summed E-state index contributed by atoms with van der Waals surface area (Å²) in [5.74, 6) is 0.193. The van der Waals surface area contributed by atoms with Crippen molar-refractivity contribution < 1.29 is 4.79 Å². The molecular formula is C13H20ClN3O. The van der Waals surface area contributed by atoms with Crippen LogP contribution in [0.2, 0.25) is 0 Å². The van der Waals surface area contributed by atoms with E-state index in [1.54, 1.807) is 12.4 Å². The molecule has 2 unspecified atom stereocenters. The van der Waals surface area contributed by atoms with E-state index < -0.39 is 0 Å². The topological polar surface area (TPSA) is 45.2 Å². The Kier molecular flexibility index (Phi) is 5.56. The second kappa shape index (κ2) is 6.71. The molecule has 0 aromatic carbocycles. The van der Waals surface area contributed by atoms with Crippen LogP contribution in [-0.2, 0) is 11.2 Å². The zero-order chi connectivity index (χ0) is 12.3. The van der Waals surface area contributed by atoms with Gasteiger partial charge in [0.25, 0.3) is 0 Å². The number of hydrogen-bond donors (Lipinski definition) is 1. The first-order valence-electron chi connectivity index (χ1n) is 6.10. The van der Waals surface area contributed by atoms with Crippen LogP contribution in [0.4, 0.5) is 0 Å². The number of aromatic nitrogens is 1.